The minimum absolute atomic E-state index is 0.0204. The van der Waals surface area contributed by atoms with Gasteiger partial charge in [0.2, 0.25) is 0 Å². The van der Waals surface area contributed by atoms with Gasteiger partial charge in [-0.15, -0.1) is 0 Å². The molecule has 0 aromatic carbocycles. The minimum atomic E-state index is -3.12. The summed E-state index contributed by atoms with van der Waals surface area (Å²) in [5.41, 5.74) is 1.44. The van der Waals surface area contributed by atoms with E-state index in [4.69, 9.17) is 10.4 Å². The summed E-state index contributed by atoms with van der Waals surface area (Å²) in [7, 11) is -3.12. The van der Waals surface area contributed by atoms with Crippen molar-refractivity contribution in [1.29, 1.82) is 5.26 Å². The lowest BCUT2D eigenvalue weighted by Gasteiger charge is -2.43. The molecule has 1 aromatic rings. The molecular weight excluding hydrogens is 332 g/mol. The Balaban J connectivity index is 1.74. The first-order valence-electron chi connectivity index (χ1n) is 7.85. The molecule has 3 heterocycles. The molecule has 0 aliphatic carbocycles. The van der Waals surface area contributed by atoms with Gasteiger partial charge in [-0.05, 0) is 11.6 Å². The molecule has 0 spiro atoms. The van der Waals surface area contributed by atoms with Crippen LogP contribution in [-0.2, 0) is 21.2 Å². The Morgan fingerprint density at radius 2 is 2.00 bits per heavy atom. The van der Waals surface area contributed by atoms with Crippen molar-refractivity contribution >= 4 is 15.8 Å². The van der Waals surface area contributed by atoms with Crippen LogP contribution in [0.2, 0.25) is 0 Å². The molecule has 2 aliphatic rings. The maximum Gasteiger partial charge on any atom is 0.304 e. The van der Waals surface area contributed by atoms with Gasteiger partial charge in [-0.3, -0.25) is 14.6 Å². The summed E-state index contributed by atoms with van der Waals surface area (Å²) in [5, 5.41) is 17.8. The van der Waals surface area contributed by atoms with Crippen molar-refractivity contribution in [3.63, 3.8) is 0 Å². The number of aromatic amines is 1. The van der Waals surface area contributed by atoms with Crippen molar-refractivity contribution in [3.8, 4) is 6.07 Å². The highest BCUT2D eigenvalue weighted by Crippen LogP contribution is 2.28. The fourth-order valence-electron chi connectivity index (χ4n) is 3.64. The molecular formula is C15H20N4O4S. The molecule has 2 fully saturated rings. The summed E-state index contributed by atoms with van der Waals surface area (Å²) in [4.78, 5) is 17.8. The van der Waals surface area contributed by atoms with E-state index in [1.807, 2.05) is 11.0 Å². The first-order chi connectivity index (χ1) is 11.4. The van der Waals surface area contributed by atoms with Crippen LogP contribution < -0.4 is 0 Å². The van der Waals surface area contributed by atoms with E-state index in [1.165, 1.54) is 0 Å². The molecule has 2 aliphatic heterocycles. The maximum absolute atomic E-state index is 12.1. The van der Waals surface area contributed by atoms with Gasteiger partial charge in [-0.1, -0.05) is 0 Å². The molecule has 2 saturated heterocycles. The smallest absolute Gasteiger partial charge is 0.304 e. The lowest BCUT2D eigenvalue weighted by Crippen LogP contribution is -2.58. The van der Waals surface area contributed by atoms with Crippen molar-refractivity contribution < 1.29 is 18.3 Å². The van der Waals surface area contributed by atoms with E-state index in [-0.39, 0.29) is 30.0 Å². The Morgan fingerprint density at radius 3 is 2.62 bits per heavy atom. The van der Waals surface area contributed by atoms with E-state index in [1.54, 1.807) is 12.3 Å². The number of aliphatic carboxylic acids is 1. The second-order valence-corrected chi connectivity index (χ2v) is 8.55. The number of hydrogen-bond donors (Lipinski definition) is 2. The van der Waals surface area contributed by atoms with Crippen LogP contribution in [0.3, 0.4) is 0 Å². The molecule has 8 nitrogen and oxygen atoms in total. The van der Waals surface area contributed by atoms with Crippen LogP contribution in [0.4, 0.5) is 0 Å². The van der Waals surface area contributed by atoms with E-state index in [0.29, 0.717) is 31.9 Å². The molecule has 2 N–H and O–H groups in total. The van der Waals surface area contributed by atoms with Crippen LogP contribution in [-0.4, -0.2) is 77.5 Å². The van der Waals surface area contributed by atoms with Gasteiger partial charge in [0.15, 0.2) is 9.84 Å². The van der Waals surface area contributed by atoms with E-state index in [9.17, 15) is 13.2 Å². The SMILES string of the molecule is N#Cc1cc(CN2CCN(CCC(=O)O)[C@@H]3CS(=O)(=O)C[C@@H]32)c[nH]1. The fraction of sp³-hybridized carbons (Fsp3) is 0.600. The zero-order valence-electron chi connectivity index (χ0n) is 13.2. The van der Waals surface area contributed by atoms with Crippen LogP contribution in [0.1, 0.15) is 17.7 Å². The number of fused-ring (bicyclic) bond motifs is 1. The fourth-order valence-corrected chi connectivity index (χ4v) is 5.68. The maximum atomic E-state index is 12.1. The minimum Gasteiger partial charge on any atom is -0.481 e. The highest BCUT2D eigenvalue weighted by atomic mass is 32.2. The molecule has 0 saturated carbocycles. The van der Waals surface area contributed by atoms with Gasteiger partial charge in [-0.2, -0.15) is 5.26 Å². The van der Waals surface area contributed by atoms with Gasteiger partial charge in [0, 0.05) is 44.5 Å². The zero-order chi connectivity index (χ0) is 17.3. The van der Waals surface area contributed by atoms with Crippen molar-refractivity contribution in [3.05, 3.63) is 23.5 Å². The van der Waals surface area contributed by atoms with Gasteiger partial charge >= 0.3 is 5.97 Å². The predicted octanol–water partition coefficient (Wildman–Crippen LogP) is -0.356. The van der Waals surface area contributed by atoms with Crippen LogP contribution in [0.25, 0.3) is 0 Å². The predicted molar refractivity (Wildman–Crippen MR) is 86.0 cm³/mol. The Morgan fingerprint density at radius 1 is 1.33 bits per heavy atom. The second-order valence-electron chi connectivity index (χ2n) is 6.40. The number of piperazine rings is 1. The number of nitrogens with one attached hydrogen (secondary N) is 1. The van der Waals surface area contributed by atoms with E-state index >= 15 is 0 Å². The normalized spacial score (nSPS) is 26.8. The number of hydrogen-bond acceptors (Lipinski definition) is 6. The summed E-state index contributed by atoms with van der Waals surface area (Å²) < 4.78 is 24.2. The first kappa shape index (κ1) is 17.0. The van der Waals surface area contributed by atoms with Crippen molar-refractivity contribution in [2.45, 2.75) is 25.0 Å². The Hall–Kier alpha value is -1.89. The Labute approximate surface area is 140 Å². The third-order valence-corrected chi connectivity index (χ3v) is 6.47. The number of aromatic nitrogens is 1. The molecule has 9 heteroatoms. The average molecular weight is 352 g/mol. The number of nitriles is 1. The number of carboxylic acid groups (broad SMARTS) is 1. The van der Waals surface area contributed by atoms with Gasteiger partial charge < -0.3 is 10.1 Å². The Bertz CT molecular complexity index is 767. The molecule has 24 heavy (non-hydrogen) atoms. The molecule has 130 valence electrons. The van der Waals surface area contributed by atoms with Crippen LogP contribution >= 0.6 is 0 Å². The molecule has 0 unspecified atom stereocenters. The van der Waals surface area contributed by atoms with Crippen molar-refractivity contribution in [2.75, 3.05) is 31.1 Å². The lowest BCUT2D eigenvalue weighted by molar-refractivity contribution is -0.137. The van der Waals surface area contributed by atoms with Crippen LogP contribution in [0.5, 0.6) is 0 Å². The Kier molecular flexibility index (Phi) is 4.62. The third-order valence-electron chi connectivity index (χ3n) is 4.77. The monoisotopic (exact) mass is 352 g/mol. The van der Waals surface area contributed by atoms with Crippen molar-refractivity contribution in [1.82, 2.24) is 14.8 Å². The second kappa shape index (κ2) is 6.55. The zero-order valence-corrected chi connectivity index (χ0v) is 14.0. The summed E-state index contributed by atoms with van der Waals surface area (Å²) in [6, 6.07) is 3.54. The summed E-state index contributed by atoms with van der Waals surface area (Å²) in [5.74, 6) is -0.674. The van der Waals surface area contributed by atoms with Gasteiger partial charge in [0.05, 0.1) is 17.9 Å². The number of carboxylic acids is 1. The molecule has 1 aromatic heterocycles. The largest absolute Gasteiger partial charge is 0.481 e. The highest BCUT2D eigenvalue weighted by Gasteiger charge is 2.46. The molecule has 0 radical (unpaired) electrons. The van der Waals surface area contributed by atoms with E-state index < -0.39 is 15.8 Å². The molecule has 0 bridgehead atoms. The molecule has 2 atom stereocenters. The highest BCUT2D eigenvalue weighted by molar-refractivity contribution is 7.91. The number of sulfone groups is 1. The van der Waals surface area contributed by atoms with Crippen LogP contribution in [0.15, 0.2) is 12.3 Å². The van der Waals surface area contributed by atoms with Crippen LogP contribution in [0, 0.1) is 11.3 Å². The standard InChI is InChI=1S/C15H20N4O4S/c16-6-12-5-11(7-17-12)8-19-4-3-18(2-1-15(20)21)13-9-24(22,23)10-14(13)19/h5,7,13-14,17H,1-4,8-10H2,(H,20,21)/t13-,14+/m1/s1. The quantitative estimate of drug-likeness (QED) is 0.743. The van der Waals surface area contributed by atoms with Crippen molar-refractivity contribution in [2.24, 2.45) is 0 Å². The number of nitrogens with zero attached hydrogens (tertiary/aromatic N) is 3. The number of H-pyrrole nitrogens is 1. The lowest BCUT2D eigenvalue weighted by atomic mass is 10.0. The van der Waals surface area contributed by atoms with Gasteiger partial charge in [0.1, 0.15) is 11.8 Å². The topological polar surface area (TPSA) is 118 Å². The number of carbonyl (C=O) groups is 1. The van der Waals surface area contributed by atoms with Gasteiger partial charge in [0.25, 0.3) is 0 Å². The van der Waals surface area contributed by atoms with E-state index in [2.05, 4.69) is 9.88 Å². The summed E-state index contributed by atoms with van der Waals surface area (Å²) in [6.07, 6.45) is 1.79. The van der Waals surface area contributed by atoms with Gasteiger partial charge in [-0.25, -0.2) is 8.42 Å². The third kappa shape index (κ3) is 3.61. The molecule has 3 rings (SSSR count). The first-order valence-corrected chi connectivity index (χ1v) is 9.68. The summed E-state index contributed by atoms with van der Waals surface area (Å²) >= 11 is 0. The number of rotatable bonds is 5. The molecule has 0 amide bonds. The summed E-state index contributed by atoms with van der Waals surface area (Å²) in [6.45, 7) is 2.30. The average Bonchev–Trinajstić information content (AvgIpc) is 3.09. The van der Waals surface area contributed by atoms with E-state index in [0.717, 1.165) is 5.56 Å².